The zero-order chi connectivity index (χ0) is 19.5. The lowest BCUT2D eigenvalue weighted by molar-refractivity contribution is 0.457. The maximum Gasteiger partial charge on any atom is 0.198 e. The van der Waals surface area contributed by atoms with Gasteiger partial charge in [0.05, 0.1) is 17.3 Å². The van der Waals surface area contributed by atoms with E-state index >= 15 is 0 Å². The molecule has 0 saturated carbocycles. The van der Waals surface area contributed by atoms with Crippen molar-refractivity contribution in [3.8, 4) is 5.88 Å². The zero-order valence-corrected chi connectivity index (χ0v) is 15.2. The van der Waals surface area contributed by atoms with Gasteiger partial charge in [0.1, 0.15) is 5.82 Å². The Morgan fingerprint density at radius 1 is 1.18 bits per heavy atom. The number of rotatable bonds is 5. The van der Waals surface area contributed by atoms with Gasteiger partial charge in [-0.15, -0.1) is 0 Å². The number of benzene rings is 2. The van der Waals surface area contributed by atoms with Crippen LogP contribution in [-0.2, 0) is 0 Å². The number of aromatic nitrogens is 2. The van der Waals surface area contributed by atoms with Crippen LogP contribution in [0.4, 0.5) is 15.8 Å². The Hall–Kier alpha value is -3.67. The van der Waals surface area contributed by atoms with Crippen molar-refractivity contribution in [1.29, 1.82) is 0 Å². The molecule has 0 aliphatic heterocycles. The predicted octanol–water partition coefficient (Wildman–Crippen LogP) is 5.33. The molecule has 0 aliphatic carbocycles. The highest BCUT2D eigenvalue weighted by Crippen LogP contribution is 2.27. The molecular formula is C22H19FN4O. The number of nitrogens with one attached hydrogen (secondary N) is 2. The normalized spacial score (nSPS) is 12.5. The van der Waals surface area contributed by atoms with E-state index in [0.29, 0.717) is 16.5 Å². The monoisotopic (exact) mass is 374 g/mol. The van der Waals surface area contributed by atoms with Crippen LogP contribution in [0.25, 0.3) is 10.9 Å². The number of nitrogens with zero attached hydrogens (tertiary/aromatic N) is 2. The van der Waals surface area contributed by atoms with Crippen LogP contribution in [0.2, 0.25) is 0 Å². The second-order valence-corrected chi connectivity index (χ2v) is 6.53. The Balaban J connectivity index is 1.51. The SMILES string of the molecule is CC(Nc1ccc(N=Cc2c(O)[nH]c3ccc(F)cc23)cc1)c1cccnc1. The zero-order valence-electron chi connectivity index (χ0n) is 15.2. The molecule has 1 atom stereocenters. The number of hydrogen-bond acceptors (Lipinski definition) is 4. The highest BCUT2D eigenvalue weighted by molar-refractivity contribution is 6.02. The van der Waals surface area contributed by atoms with E-state index in [0.717, 1.165) is 16.9 Å². The van der Waals surface area contributed by atoms with Gasteiger partial charge in [-0.05, 0) is 61.0 Å². The number of anilines is 1. The number of aromatic amines is 1. The Morgan fingerprint density at radius 2 is 2.00 bits per heavy atom. The van der Waals surface area contributed by atoms with E-state index in [4.69, 9.17) is 0 Å². The van der Waals surface area contributed by atoms with Crippen LogP contribution in [0, 0.1) is 5.82 Å². The summed E-state index contributed by atoms with van der Waals surface area (Å²) in [5.74, 6) is -0.396. The Morgan fingerprint density at radius 3 is 2.75 bits per heavy atom. The molecule has 1 unspecified atom stereocenters. The number of hydrogen-bond donors (Lipinski definition) is 3. The van der Waals surface area contributed by atoms with Gasteiger partial charge >= 0.3 is 0 Å². The summed E-state index contributed by atoms with van der Waals surface area (Å²) in [5.41, 5.74) is 3.91. The van der Waals surface area contributed by atoms with Crippen molar-refractivity contribution < 1.29 is 9.50 Å². The molecule has 0 aliphatic rings. The van der Waals surface area contributed by atoms with Crippen molar-refractivity contribution in [1.82, 2.24) is 9.97 Å². The summed E-state index contributed by atoms with van der Waals surface area (Å²) in [7, 11) is 0. The van der Waals surface area contributed by atoms with Crippen LogP contribution in [0.5, 0.6) is 5.88 Å². The smallest absolute Gasteiger partial charge is 0.198 e. The maximum absolute atomic E-state index is 13.5. The summed E-state index contributed by atoms with van der Waals surface area (Å²) < 4.78 is 13.5. The van der Waals surface area contributed by atoms with E-state index in [2.05, 4.69) is 27.2 Å². The van der Waals surface area contributed by atoms with Gasteiger partial charge in [0.15, 0.2) is 5.88 Å². The summed E-state index contributed by atoms with van der Waals surface area (Å²) in [5, 5.41) is 14.1. The molecule has 0 saturated heterocycles. The van der Waals surface area contributed by atoms with Crippen LogP contribution in [-0.4, -0.2) is 21.3 Å². The predicted molar refractivity (Wildman–Crippen MR) is 110 cm³/mol. The van der Waals surface area contributed by atoms with E-state index in [-0.39, 0.29) is 17.7 Å². The Kier molecular flexibility index (Phi) is 4.76. The van der Waals surface area contributed by atoms with Crippen molar-refractivity contribution in [2.24, 2.45) is 4.99 Å². The number of H-pyrrole nitrogens is 1. The topological polar surface area (TPSA) is 73.3 Å². The van der Waals surface area contributed by atoms with Crippen molar-refractivity contribution in [3.63, 3.8) is 0 Å². The molecule has 6 heteroatoms. The summed E-state index contributed by atoms with van der Waals surface area (Å²) in [4.78, 5) is 11.4. The maximum atomic E-state index is 13.5. The number of aliphatic imine (C=N–C) groups is 1. The molecule has 0 amide bonds. The molecule has 4 rings (SSSR count). The molecule has 28 heavy (non-hydrogen) atoms. The van der Waals surface area contributed by atoms with Gasteiger partial charge in [0.2, 0.25) is 0 Å². The summed E-state index contributed by atoms with van der Waals surface area (Å²) in [6, 6.07) is 16.0. The van der Waals surface area contributed by atoms with Crippen LogP contribution in [0.3, 0.4) is 0 Å². The molecule has 2 aromatic heterocycles. The first-order valence-electron chi connectivity index (χ1n) is 8.91. The lowest BCUT2D eigenvalue weighted by Gasteiger charge is -2.15. The van der Waals surface area contributed by atoms with Gasteiger partial charge in [-0.3, -0.25) is 9.98 Å². The van der Waals surface area contributed by atoms with Gasteiger partial charge in [-0.1, -0.05) is 6.07 Å². The van der Waals surface area contributed by atoms with Crippen LogP contribution >= 0.6 is 0 Å². The second kappa shape index (κ2) is 7.52. The second-order valence-electron chi connectivity index (χ2n) is 6.53. The molecule has 0 radical (unpaired) electrons. The van der Waals surface area contributed by atoms with E-state index in [1.54, 1.807) is 12.3 Å². The quantitative estimate of drug-likeness (QED) is 0.413. The van der Waals surface area contributed by atoms with Gasteiger partial charge in [0, 0.05) is 35.2 Å². The molecule has 0 fully saturated rings. The van der Waals surface area contributed by atoms with Crippen LogP contribution < -0.4 is 5.32 Å². The molecule has 4 aromatic rings. The van der Waals surface area contributed by atoms with E-state index in [1.165, 1.54) is 18.3 Å². The number of aromatic hydroxyl groups is 1. The third kappa shape index (κ3) is 3.71. The van der Waals surface area contributed by atoms with Gasteiger partial charge < -0.3 is 15.4 Å². The molecule has 3 N–H and O–H groups in total. The number of pyridine rings is 1. The highest BCUT2D eigenvalue weighted by atomic mass is 19.1. The molecule has 0 bridgehead atoms. The van der Waals surface area contributed by atoms with Gasteiger partial charge in [-0.2, -0.15) is 0 Å². The van der Waals surface area contributed by atoms with Crippen LogP contribution in [0.15, 0.2) is 72.0 Å². The first-order valence-corrected chi connectivity index (χ1v) is 8.91. The van der Waals surface area contributed by atoms with Gasteiger partial charge in [-0.25, -0.2) is 4.39 Å². The summed E-state index contributed by atoms with van der Waals surface area (Å²) >= 11 is 0. The highest BCUT2D eigenvalue weighted by Gasteiger charge is 2.10. The lowest BCUT2D eigenvalue weighted by Crippen LogP contribution is -2.06. The lowest BCUT2D eigenvalue weighted by atomic mass is 10.1. The number of halogens is 1. The van der Waals surface area contributed by atoms with E-state index in [9.17, 15) is 9.50 Å². The van der Waals surface area contributed by atoms with Crippen molar-refractivity contribution in [2.45, 2.75) is 13.0 Å². The third-order valence-corrected chi connectivity index (χ3v) is 4.56. The Bertz CT molecular complexity index is 1120. The largest absolute Gasteiger partial charge is 0.494 e. The average Bonchev–Trinajstić information content (AvgIpc) is 3.02. The fraction of sp³-hybridized carbons (Fsp3) is 0.0909. The molecule has 2 aromatic carbocycles. The summed E-state index contributed by atoms with van der Waals surface area (Å²) in [6.07, 6.45) is 5.13. The summed E-state index contributed by atoms with van der Waals surface area (Å²) in [6.45, 7) is 2.07. The molecular weight excluding hydrogens is 355 g/mol. The third-order valence-electron chi connectivity index (χ3n) is 4.56. The Labute approximate surface area is 161 Å². The van der Waals surface area contributed by atoms with Gasteiger partial charge in [0.25, 0.3) is 0 Å². The first-order chi connectivity index (χ1) is 13.6. The minimum absolute atomic E-state index is 0.0343. The standard InChI is InChI=1S/C22H19FN4O/c1-14(15-3-2-10-24-12-15)26-18-7-5-17(6-8-18)25-13-20-19-11-16(23)4-9-21(19)27-22(20)28/h2-14,26-28H,1H3. The van der Waals surface area contributed by atoms with E-state index < -0.39 is 0 Å². The number of fused-ring (bicyclic) bond motifs is 1. The fourth-order valence-electron chi connectivity index (χ4n) is 3.05. The fourth-order valence-corrected chi connectivity index (χ4v) is 3.05. The first kappa shape index (κ1) is 17.7. The van der Waals surface area contributed by atoms with Crippen molar-refractivity contribution >= 4 is 28.5 Å². The molecule has 140 valence electrons. The molecule has 5 nitrogen and oxygen atoms in total. The van der Waals surface area contributed by atoms with Crippen molar-refractivity contribution in [3.05, 3.63) is 83.9 Å². The minimum atomic E-state index is -0.362. The van der Waals surface area contributed by atoms with Crippen molar-refractivity contribution in [2.75, 3.05) is 5.32 Å². The van der Waals surface area contributed by atoms with E-state index in [1.807, 2.05) is 42.6 Å². The minimum Gasteiger partial charge on any atom is -0.494 e. The van der Waals surface area contributed by atoms with Crippen LogP contribution in [0.1, 0.15) is 24.1 Å². The molecule has 0 spiro atoms. The molecule has 2 heterocycles. The average molecular weight is 374 g/mol.